The Morgan fingerprint density at radius 2 is 2.00 bits per heavy atom. The van der Waals surface area contributed by atoms with Crippen molar-refractivity contribution in [1.29, 1.82) is 0 Å². The number of allylic oxidation sites excluding steroid dienone is 4. The molecule has 0 saturated heterocycles. The SMILES string of the molecule is C=C/C=C(\C=C)C1(F)CC1. The molecule has 0 amide bonds. The maximum absolute atomic E-state index is 13.2. The van der Waals surface area contributed by atoms with Crippen molar-refractivity contribution >= 4 is 0 Å². The summed E-state index contributed by atoms with van der Waals surface area (Å²) in [6, 6.07) is 0. The van der Waals surface area contributed by atoms with Crippen LogP contribution in [0.15, 0.2) is 37.0 Å². The van der Waals surface area contributed by atoms with E-state index in [1.165, 1.54) is 0 Å². The first-order chi connectivity index (χ1) is 4.73. The average Bonchev–Trinajstić information content (AvgIpc) is 2.64. The minimum absolute atomic E-state index is 0.638. The number of halogens is 1. The van der Waals surface area contributed by atoms with Crippen molar-refractivity contribution in [2.75, 3.05) is 0 Å². The van der Waals surface area contributed by atoms with Crippen molar-refractivity contribution in [3.8, 4) is 0 Å². The summed E-state index contributed by atoms with van der Waals surface area (Å²) in [5, 5.41) is 0. The van der Waals surface area contributed by atoms with Crippen molar-refractivity contribution in [3.63, 3.8) is 0 Å². The van der Waals surface area contributed by atoms with Crippen molar-refractivity contribution in [2.45, 2.75) is 18.5 Å². The molecule has 0 aliphatic heterocycles. The Bertz CT molecular complexity index is 185. The molecule has 1 fully saturated rings. The van der Waals surface area contributed by atoms with E-state index < -0.39 is 5.67 Å². The van der Waals surface area contributed by atoms with Crippen LogP contribution in [0.2, 0.25) is 0 Å². The largest absolute Gasteiger partial charge is 0.239 e. The number of hydrogen-bond donors (Lipinski definition) is 0. The quantitative estimate of drug-likeness (QED) is 0.526. The summed E-state index contributed by atoms with van der Waals surface area (Å²) in [6.45, 7) is 7.03. The second-order valence-electron chi connectivity index (χ2n) is 2.53. The molecule has 0 aromatic heterocycles. The maximum atomic E-state index is 13.2. The third-order valence-corrected chi connectivity index (χ3v) is 1.72. The van der Waals surface area contributed by atoms with E-state index in [0.29, 0.717) is 18.4 Å². The van der Waals surface area contributed by atoms with E-state index in [9.17, 15) is 4.39 Å². The highest BCUT2D eigenvalue weighted by Crippen LogP contribution is 2.46. The topological polar surface area (TPSA) is 0 Å². The molecule has 1 rings (SSSR count). The molecule has 54 valence electrons. The highest BCUT2D eigenvalue weighted by molar-refractivity contribution is 5.35. The van der Waals surface area contributed by atoms with Gasteiger partial charge in [0.25, 0.3) is 0 Å². The Hall–Kier alpha value is -0.850. The fourth-order valence-electron chi connectivity index (χ4n) is 0.926. The van der Waals surface area contributed by atoms with E-state index in [-0.39, 0.29) is 0 Å². The molecule has 0 aromatic rings. The summed E-state index contributed by atoms with van der Waals surface area (Å²) in [5.74, 6) is 0. The summed E-state index contributed by atoms with van der Waals surface area (Å²) in [6.07, 6.45) is 6.11. The minimum atomic E-state index is -1.06. The minimum Gasteiger partial charge on any atom is -0.239 e. The van der Waals surface area contributed by atoms with E-state index >= 15 is 0 Å². The van der Waals surface area contributed by atoms with Crippen LogP contribution in [-0.2, 0) is 0 Å². The standard InChI is InChI=1S/C9H11F/c1-3-5-8(4-2)9(10)6-7-9/h3-5H,1-2,6-7H2/b8-5+. The zero-order valence-electron chi connectivity index (χ0n) is 5.94. The number of hydrogen-bond acceptors (Lipinski definition) is 0. The van der Waals surface area contributed by atoms with Gasteiger partial charge in [0.1, 0.15) is 5.67 Å². The van der Waals surface area contributed by atoms with E-state index in [0.717, 1.165) is 0 Å². The molecule has 0 heterocycles. The fraction of sp³-hybridized carbons (Fsp3) is 0.333. The van der Waals surface area contributed by atoms with Crippen molar-refractivity contribution in [3.05, 3.63) is 37.0 Å². The third kappa shape index (κ3) is 1.18. The molecule has 0 N–H and O–H groups in total. The highest BCUT2D eigenvalue weighted by Gasteiger charge is 2.45. The molecule has 0 spiro atoms. The van der Waals surface area contributed by atoms with Gasteiger partial charge in [-0.1, -0.05) is 31.4 Å². The summed E-state index contributed by atoms with van der Waals surface area (Å²) in [4.78, 5) is 0. The molecular weight excluding hydrogens is 127 g/mol. The molecule has 10 heavy (non-hydrogen) atoms. The van der Waals surface area contributed by atoms with Gasteiger partial charge in [-0.25, -0.2) is 4.39 Å². The first kappa shape index (κ1) is 7.26. The van der Waals surface area contributed by atoms with Crippen LogP contribution in [0.5, 0.6) is 0 Å². The first-order valence-corrected chi connectivity index (χ1v) is 3.37. The van der Waals surface area contributed by atoms with Gasteiger partial charge in [-0.15, -0.1) is 0 Å². The Labute approximate surface area is 60.7 Å². The van der Waals surface area contributed by atoms with Crippen LogP contribution in [-0.4, -0.2) is 5.67 Å². The Balaban J connectivity index is 2.74. The van der Waals surface area contributed by atoms with Crippen LogP contribution in [0, 0.1) is 0 Å². The third-order valence-electron chi connectivity index (χ3n) is 1.72. The zero-order chi connectivity index (χ0) is 7.61. The molecular formula is C9H11F. The summed E-state index contributed by atoms with van der Waals surface area (Å²) < 4.78 is 13.2. The van der Waals surface area contributed by atoms with Gasteiger partial charge in [-0.05, 0) is 18.4 Å². The normalized spacial score (nSPS) is 21.9. The molecule has 1 saturated carbocycles. The van der Waals surface area contributed by atoms with Crippen LogP contribution < -0.4 is 0 Å². The van der Waals surface area contributed by atoms with E-state index in [4.69, 9.17) is 0 Å². The van der Waals surface area contributed by atoms with Gasteiger partial charge < -0.3 is 0 Å². The predicted molar refractivity (Wildman–Crippen MR) is 41.6 cm³/mol. The van der Waals surface area contributed by atoms with Crippen LogP contribution >= 0.6 is 0 Å². The van der Waals surface area contributed by atoms with E-state index in [2.05, 4.69) is 13.2 Å². The fourth-order valence-corrected chi connectivity index (χ4v) is 0.926. The molecule has 0 unspecified atom stereocenters. The highest BCUT2D eigenvalue weighted by atomic mass is 19.1. The van der Waals surface area contributed by atoms with E-state index in [1.54, 1.807) is 18.2 Å². The number of rotatable bonds is 3. The average molecular weight is 138 g/mol. The molecule has 0 bridgehead atoms. The van der Waals surface area contributed by atoms with Gasteiger partial charge in [0, 0.05) is 0 Å². The summed E-state index contributed by atoms with van der Waals surface area (Å²) in [7, 11) is 0. The Morgan fingerprint density at radius 1 is 1.40 bits per heavy atom. The summed E-state index contributed by atoms with van der Waals surface area (Å²) >= 11 is 0. The van der Waals surface area contributed by atoms with Gasteiger partial charge in [0.05, 0.1) is 0 Å². The zero-order valence-corrected chi connectivity index (χ0v) is 5.94. The lowest BCUT2D eigenvalue weighted by atomic mass is 10.1. The maximum Gasteiger partial charge on any atom is 0.136 e. The predicted octanol–water partition coefficient (Wildman–Crippen LogP) is 2.79. The molecule has 0 nitrogen and oxygen atoms in total. The van der Waals surface area contributed by atoms with Gasteiger partial charge in [0.2, 0.25) is 0 Å². The van der Waals surface area contributed by atoms with Crippen molar-refractivity contribution < 1.29 is 4.39 Å². The lowest BCUT2D eigenvalue weighted by Gasteiger charge is -2.02. The smallest absolute Gasteiger partial charge is 0.136 e. The van der Waals surface area contributed by atoms with Crippen molar-refractivity contribution in [1.82, 2.24) is 0 Å². The Morgan fingerprint density at radius 3 is 2.30 bits per heavy atom. The second-order valence-corrected chi connectivity index (χ2v) is 2.53. The lowest BCUT2D eigenvalue weighted by molar-refractivity contribution is 0.367. The van der Waals surface area contributed by atoms with Gasteiger partial charge in [0.15, 0.2) is 0 Å². The molecule has 0 aromatic carbocycles. The second kappa shape index (κ2) is 2.41. The van der Waals surface area contributed by atoms with Gasteiger partial charge >= 0.3 is 0 Å². The van der Waals surface area contributed by atoms with Gasteiger partial charge in [-0.3, -0.25) is 0 Å². The molecule has 1 aliphatic carbocycles. The first-order valence-electron chi connectivity index (χ1n) is 3.37. The van der Waals surface area contributed by atoms with Crippen LogP contribution in [0.25, 0.3) is 0 Å². The molecule has 0 radical (unpaired) electrons. The van der Waals surface area contributed by atoms with Crippen LogP contribution in [0.1, 0.15) is 12.8 Å². The molecule has 0 atom stereocenters. The lowest BCUT2D eigenvalue weighted by Crippen LogP contribution is -2.00. The summed E-state index contributed by atoms with van der Waals surface area (Å²) in [5.41, 5.74) is -0.391. The molecule has 1 heteroatoms. The van der Waals surface area contributed by atoms with Crippen LogP contribution in [0.3, 0.4) is 0 Å². The Kier molecular flexibility index (Phi) is 1.75. The molecule has 1 aliphatic rings. The monoisotopic (exact) mass is 138 g/mol. The number of alkyl halides is 1. The van der Waals surface area contributed by atoms with E-state index in [1.807, 2.05) is 0 Å². The van der Waals surface area contributed by atoms with Crippen molar-refractivity contribution in [2.24, 2.45) is 0 Å². The van der Waals surface area contributed by atoms with Gasteiger partial charge in [-0.2, -0.15) is 0 Å². The van der Waals surface area contributed by atoms with Crippen LogP contribution in [0.4, 0.5) is 4.39 Å².